The number of nitrogens with zero attached hydrogens (tertiary/aromatic N) is 2. The quantitative estimate of drug-likeness (QED) is 0.0806. The molecule has 0 spiro atoms. The molecule has 0 radical (unpaired) electrons. The minimum absolute atomic E-state index is 0.0180. The van der Waals surface area contributed by atoms with Crippen molar-refractivity contribution < 1.29 is 9.47 Å². The molecular weight excluding hydrogens is 1260 g/mol. The van der Waals surface area contributed by atoms with Crippen molar-refractivity contribution >= 4 is 46.3 Å². The van der Waals surface area contributed by atoms with Gasteiger partial charge in [0.15, 0.2) is 0 Å². The van der Waals surface area contributed by atoms with E-state index in [4.69, 9.17) is 9.47 Å². The second-order valence-electron chi connectivity index (χ2n) is 29.7. The summed E-state index contributed by atoms with van der Waals surface area (Å²) in [5.74, 6) is 1.64. The number of benzene rings is 14. The van der Waals surface area contributed by atoms with Crippen molar-refractivity contribution in [3.63, 3.8) is 0 Å². The standard InChI is InChI=1S/C100H84N2O2/c1-9-69-29-33-71(34-30-69)67-103-87-59-49-79(50-60-87)99(77-45-41-75(42-46-77)97(3,4)5)93-27-19-17-25-89(93)91-63-57-85(65-95(91)99)101(81-21-13-11-14-22-81)83-53-37-73(38-54-83)74-39-55-84(56-40-74)102(82-23-15-12-16-24-82)86-58-64-92-90-26-18-20-28-94(90)100(96(92)66-86,78-47-43-76(44-48-78)98(6,7)8)80-51-61-88(62-52-80)104-68-72-35-31-70(10-2)32-36-72/h9-66H,1-2,67-68H2,3-8H3. The van der Waals surface area contributed by atoms with E-state index in [1.807, 2.05) is 12.2 Å². The first-order chi connectivity index (χ1) is 50.7. The maximum atomic E-state index is 6.49. The molecule has 0 fully saturated rings. The molecule has 2 atom stereocenters. The smallest absolute Gasteiger partial charge is 0.119 e. The third-order valence-electron chi connectivity index (χ3n) is 21.4. The van der Waals surface area contributed by atoms with Crippen LogP contribution >= 0.6 is 0 Å². The van der Waals surface area contributed by atoms with Gasteiger partial charge < -0.3 is 19.3 Å². The first kappa shape index (κ1) is 66.3. The summed E-state index contributed by atoms with van der Waals surface area (Å²) >= 11 is 0. The lowest BCUT2D eigenvalue weighted by atomic mass is 9.67. The lowest BCUT2D eigenvalue weighted by Gasteiger charge is -2.35. The fourth-order valence-corrected chi connectivity index (χ4v) is 15.9. The Hall–Kier alpha value is -12.2. The van der Waals surface area contributed by atoms with Gasteiger partial charge >= 0.3 is 0 Å². The van der Waals surface area contributed by atoms with Gasteiger partial charge in [-0.1, -0.05) is 310 Å². The van der Waals surface area contributed by atoms with Crippen molar-refractivity contribution in [2.45, 2.75) is 76.4 Å². The van der Waals surface area contributed by atoms with E-state index in [1.54, 1.807) is 0 Å². The van der Waals surface area contributed by atoms with E-state index in [2.05, 4.69) is 404 Å². The van der Waals surface area contributed by atoms with E-state index in [0.717, 1.165) is 79.0 Å². The molecule has 0 N–H and O–H groups in total. The number of hydrogen-bond donors (Lipinski definition) is 0. The van der Waals surface area contributed by atoms with Crippen molar-refractivity contribution in [2.24, 2.45) is 0 Å². The molecule has 14 aromatic rings. The maximum absolute atomic E-state index is 6.49. The van der Waals surface area contributed by atoms with E-state index < -0.39 is 10.8 Å². The number of ether oxygens (including phenoxy) is 2. The summed E-state index contributed by atoms with van der Waals surface area (Å²) in [7, 11) is 0. The van der Waals surface area contributed by atoms with Crippen LogP contribution in [0, 0.1) is 0 Å². The number of para-hydroxylation sites is 2. The number of anilines is 6. The Kier molecular flexibility index (Phi) is 17.4. The molecule has 0 saturated heterocycles. The minimum Gasteiger partial charge on any atom is -0.489 e. The maximum Gasteiger partial charge on any atom is 0.119 e. The molecule has 0 saturated carbocycles. The SMILES string of the molecule is C=Cc1ccc(COc2ccc(C3(c4ccc(C(C)(C)C)cc4)c4ccccc4-c4ccc(N(c5ccccc5)c5ccc(-c6ccc(N(c7ccccc7)c7ccc8c(c7)C(c7ccc(OCc9ccc(C=C)cc9)cc7)(c7ccc(C(C)(C)C)cc7)c7ccccc7-8)cc6)cc5)cc43)cc2)cc1. The topological polar surface area (TPSA) is 24.9 Å². The second kappa shape index (κ2) is 27.3. The normalized spacial score (nSPS) is 14.9. The second-order valence-corrected chi connectivity index (χ2v) is 29.7. The number of hydrogen-bond acceptors (Lipinski definition) is 4. The lowest BCUT2D eigenvalue weighted by Crippen LogP contribution is -2.29. The van der Waals surface area contributed by atoms with Gasteiger partial charge in [-0.2, -0.15) is 0 Å². The van der Waals surface area contributed by atoms with Gasteiger partial charge in [-0.05, 0) is 219 Å². The van der Waals surface area contributed by atoms with Crippen LogP contribution in [0.4, 0.5) is 34.1 Å². The first-order valence-corrected chi connectivity index (χ1v) is 36.2. The fourth-order valence-electron chi connectivity index (χ4n) is 15.9. The largest absolute Gasteiger partial charge is 0.489 e. The van der Waals surface area contributed by atoms with E-state index in [0.29, 0.717) is 13.2 Å². The molecule has 4 nitrogen and oxygen atoms in total. The summed E-state index contributed by atoms with van der Waals surface area (Å²) in [6, 6.07) is 125. The Bertz CT molecular complexity index is 5080. The molecule has 0 amide bonds. The molecule has 0 aliphatic heterocycles. The van der Waals surface area contributed by atoms with Gasteiger partial charge in [0.2, 0.25) is 0 Å². The monoisotopic (exact) mass is 1340 g/mol. The fraction of sp³-hybridized carbons (Fsp3) is 0.120. The third-order valence-corrected chi connectivity index (χ3v) is 21.4. The molecule has 506 valence electrons. The molecule has 14 aromatic carbocycles. The Labute approximate surface area is 613 Å². The minimum atomic E-state index is -0.661. The van der Waals surface area contributed by atoms with Crippen LogP contribution in [0.15, 0.2) is 353 Å². The number of fused-ring (bicyclic) bond motifs is 6. The first-order valence-electron chi connectivity index (χ1n) is 36.2. The average molecular weight is 1350 g/mol. The van der Waals surface area contributed by atoms with E-state index in [9.17, 15) is 0 Å². The highest BCUT2D eigenvalue weighted by molar-refractivity contribution is 5.92. The van der Waals surface area contributed by atoms with Gasteiger partial charge in [-0.15, -0.1) is 0 Å². The van der Waals surface area contributed by atoms with Crippen molar-refractivity contribution in [2.75, 3.05) is 9.80 Å². The summed E-state index contributed by atoms with van der Waals surface area (Å²) in [4.78, 5) is 4.81. The van der Waals surface area contributed by atoms with Crippen molar-refractivity contribution in [1.82, 2.24) is 0 Å². The zero-order chi connectivity index (χ0) is 71.2. The molecule has 2 aliphatic rings. The van der Waals surface area contributed by atoms with E-state index in [1.165, 1.54) is 77.9 Å². The van der Waals surface area contributed by atoms with E-state index >= 15 is 0 Å². The summed E-state index contributed by atoms with van der Waals surface area (Å²) < 4.78 is 13.0. The van der Waals surface area contributed by atoms with Crippen LogP contribution in [-0.4, -0.2) is 0 Å². The third kappa shape index (κ3) is 12.1. The average Bonchev–Trinajstić information content (AvgIpc) is 1.64. The molecule has 0 heterocycles. The molecule has 104 heavy (non-hydrogen) atoms. The van der Waals surface area contributed by atoms with Gasteiger partial charge in [-0.25, -0.2) is 0 Å². The van der Waals surface area contributed by atoms with Crippen LogP contribution in [0.1, 0.15) is 119 Å². The number of rotatable bonds is 19. The van der Waals surface area contributed by atoms with Crippen LogP contribution < -0.4 is 19.3 Å². The van der Waals surface area contributed by atoms with Crippen LogP contribution in [0.2, 0.25) is 0 Å². The van der Waals surface area contributed by atoms with Gasteiger partial charge in [0.25, 0.3) is 0 Å². The summed E-state index contributed by atoms with van der Waals surface area (Å²) in [5, 5.41) is 0. The van der Waals surface area contributed by atoms with E-state index in [-0.39, 0.29) is 10.8 Å². The van der Waals surface area contributed by atoms with Crippen LogP contribution in [0.3, 0.4) is 0 Å². The van der Waals surface area contributed by atoms with Crippen LogP contribution in [0.25, 0.3) is 45.5 Å². The predicted molar refractivity (Wildman–Crippen MR) is 435 cm³/mol. The molecule has 0 aromatic heterocycles. The lowest BCUT2D eigenvalue weighted by molar-refractivity contribution is 0.306. The molecule has 2 aliphatic carbocycles. The highest BCUT2D eigenvalue weighted by Gasteiger charge is 2.48. The summed E-state index contributed by atoms with van der Waals surface area (Å²) in [6.07, 6.45) is 3.73. The van der Waals surface area contributed by atoms with Gasteiger partial charge in [0.05, 0.1) is 10.8 Å². The Morgan fingerprint density at radius 3 is 0.923 bits per heavy atom. The van der Waals surface area contributed by atoms with Crippen LogP contribution in [0.5, 0.6) is 11.5 Å². The molecule has 4 heteroatoms. The van der Waals surface area contributed by atoms with Gasteiger partial charge in [-0.3, -0.25) is 0 Å². The predicted octanol–water partition coefficient (Wildman–Crippen LogP) is 26.1. The summed E-state index contributed by atoms with van der Waals surface area (Å²) in [6.45, 7) is 22.5. The molecular formula is C100H84N2O2. The molecule has 0 bridgehead atoms. The van der Waals surface area contributed by atoms with Crippen molar-refractivity contribution in [1.29, 1.82) is 0 Å². The Balaban J connectivity index is 0.753. The van der Waals surface area contributed by atoms with Gasteiger partial charge in [0.1, 0.15) is 24.7 Å². The van der Waals surface area contributed by atoms with Crippen molar-refractivity contribution in [3.8, 4) is 44.9 Å². The Morgan fingerprint density at radius 2 is 0.587 bits per heavy atom. The highest BCUT2D eigenvalue weighted by Crippen LogP contribution is 2.60. The van der Waals surface area contributed by atoms with Crippen LogP contribution in [-0.2, 0) is 34.9 Å². The zero-order valence-corrected chi connectivity index (χ0v) is 60.0. The van der Waals surface area contributed by atoms with Gasteiger partial charge in [0, 0.05) is 34.1 Å². The molecule has 16 rings (SSSR count). The Morgan fingerprint density at radius 1 is 0.288 bits per heavy atom. The molecule has 2 unspecified atom stereocenters. The highest BCUT2D eigenvalue weighted by atomic mass is 16.5. The summed E-state index contributed by atoms with van der Waals surface area (Å²) in [5.41, 5.74) is 28.9. The van der Waals surface area contributed by atoms with Crippen molar-refractivity contribution in [3.05, 3.63) is 431 Å². The zero-order valence-electron chi connectivity index (χ0n) is 60.0.